The van der Waals surface area contributed by atoms with Crippen LogP contribution in [0, 0.1) is 31.4 Å². The zero-order chi connectivity index (χ0) is 48.2. The smallest absolute Gasteiger partial charge is 0.376 e. The van der Waals surface area contributed by atoms with Crippen LogP contribution in [0.4, 0.5) is 14.6 Å². The second-order valence-corrected chi connectivity index (χ2v) is 19.8. The number of aromatic amines is 1. The molecule has 1 saturated heterocycles. The molecule has 0 unspecified atom stereocenters. The average molecular weight is 934 g/mol. The molecular formula is C51H49F2N11O5. The van der Waals surface area contributed by atoms with Gasteiger partial charge in [-0.3, -0.25) is 33.0 Å². The number of ether oxygens (including phenoxy) is 1. The maximum atomic E-state index is 16.3. The Morgan fingerprint density at radius 3 is 2.33 bits per heavy atom. The Labute approximate surface area is 392 Å². The lowest BCUT2D eigenvalue weighted by molar-refractivity contribution is -0.0592. The molecule has 2 aliphatic heterocycles. The SMILES string of the molecule is Cc1cc(-n2nc3c(c2-n2ccn(-c4ccc5c(cnn5C)c4F)c2=O)[C@H](C)N(C(=O)c2cc4cc([C@H]5CCOC(C)(C)C5)ccc4n2[C@@]2(c4noc(=O)[nH]4)C[C@@H]2C)c2c-3ccn2C)cc(C)c1F. The number of hydrogen-bond donors (Lipinski definition) is 1. The van der Waals surface area contributed by atoms with Gasteiger partial charge in [0.05, 0.1) is 40.1 Å². The Morgan fingerprint density at radius 1 is 0.884 bits per heavy atom. The molecule has 1 N–H and O–H groups in total. The van der Waals surface area contributed by atoms with E-state index in [4.69, 9.17) is 14.4 Å². The van der Waals surface area contributed by atoms with Crippen molar-refractivity contribution in [2.75, 3.05) is 11.5 Å². The Hall–Kier alpha value is -7.60. The Morgan fingerprint density at radius 2 is 1.62 bits per heavy atom. The molecular weight excluding hydrogens is 885 g/mol. The number of hydrogen-bond acceptors (Lipinski definition) is 8. The molecule has 0 bridgehead atoms. The van der Waals surface area contributed by atoms with Gasteiger partial charge in [0.25, 0.3) is 5.91 Å². The van der Waals surface area contributed by atoms with Crippen molar-refractivity contribution >= 4 is 33.5 Å². The summed E-state index contributed by atoms with van der Waals surface area (Å²) in [5.74, 6) is -0.647. The molecule has 0 radical (unpaired) electrons. The zero-order valence-corrected chi connectivity index (χ0v) is 39.3. The number of rotatable bonds is 7. The van der Waals surface area contributed by atoms with E-state index in [0.29, 0.717) is 75.3 Å². The number of aromatic nitrogens is 10. The van der Waals surface area contributed by atoms with Gasteiger partial charge in [-0.2, -0.15) is 10.2 Å². The average Bonchev–Trinajstić information content (AvgIpc) is 4.04. The van der Waals surface area contributed by atoms with E-state index in [-0.39, 0.29) is 40.2 Å². The first-order valence-electron chi connectivity index (χ1n) is 23.1. The number of H-pyrrole nitrogens is 1. The second-order valence-electron chi connectivity index (χ2n) is 19.8. The number of nitrogens with one attached hydrogen (secondary N) is 1. The first-order valence-corrected chi connectivity index (χ1v) is 23.1. The minimum atomic E-state index is -0.916. The van der Waals surface area contributed by atoms with E-state index >= 15 is 13.6 Å². The van der Waals surface area contributed by atoms with Crippen molar-refractivity contribution in [3.63, 3.8) is 0 Å². The monoisotopic (exact) mass is 933 g/mol. The van der Waals surface area contributed by atoms with E-state index in [0.717, 1.165) is 29.3 Å². The van der Waals surface area contributed by atoms with Crippen LogP contribution in [0.1, 0.15) is 97.5 Å². The highest BCUT2D eigenvalue weighted by Gasteiger charge is 2.59. The fourth-order valence-corrected chi connectivity index (χ4v) is 11.4. The number of halogens is 2. The topological polar surface area (TPSA) is 161 Å². The molecule has 16 nitrogen and oxygen atoms in total. The van der Waals surface area contributed by atoms with E-state index in [9.17, 15) is 9.59 Å². The number of carbonyl (C=O) groups is 1. The van der Waals surface area contributed by atoms with Crippen molar-refractivity contribution in [2.45, 2.75) is 83.9 Å². The van der Waals surface area contributed by atoms with E-state index < -0.39 is 28.8 Å². The lowest BCUT2D eigenvalue weighted by Crippen LogP contribution is -2.40. The van der Waals surface area contributed by atoms with Crippen LogP contribution in [0.3, 0.4) is 0 Å². The van der Waals surface area contributed by atoms with Crippen LogP contribution in [0.15, 0.2) is 93.5 Å². The Bertz CT molecular complexity index is 3740. The number of fused-ring (bicyclic) bond motifs is 5. The van der Waals surface area contributed by atoms with Gasteiger partial charge >= 0.3 is 11.4 Å². The summed E-state index contributed by atoms with van der Waals surface area (Å²) in [5, 5.41) is 14.7. The summed E-state index contributed by atoms with van der Waals surface area (Å²) in [4.78, 5) is 48.2. The van der Waals surface area contributed by atoms with Gasteiger partial charge in [0.2, 0.25) is 0 Å². The molecule has 0 spiro atoms. The first kappa shape index (κ1) is 42.7. The number of aryl methyl sites for hydroxylation is 4. The first-order chi connectivity index (χ1) is 33.0. The predicted octanol–water partition coefficient (Wildman–Crippen LogP) is 8.41. The number of benzene rings is 3. The highest BCUT2D eigenvalue weighted by Crippen LogP contribution is 2.57. The summed E-state index contributed by atoms with van der Waals surface area (Å²) in [5.41, 5.74) is 3.97. The van der Waals surface area contributed by atoms with Crippen LogP contribution in [0.5, 0.6) is 0 Å². The van der Waals surface area contributed by atoms with Gasteiger partial charge in [-0.25, -0.2) is 23.1 Å². The molecule has 1 amide bonds. The van der Waals surface area contributed by atoms with Crippen molar-refractivity contribution in [1.82, 2.24) is 48.0 Å². The molecule has 69 heavy (non-hydrogen) atoms. The minimum absolute atomic E-state index is 0.0241. The molecule has 352 valence electrons. The van der Waals surface area contributed by atoms with Crippen LogP contribution >= 0.6 is 0 Å². The molecule has 1 aliphatic carbocycles. The summed E-state index contributed by atoms with van der Waals surface area (Å²) in [6, 6.07) is 15.9. The summed E-state index contributed by atoms with van der Waals surface area (Å²) < 4.78 is 52.5. The highest BCUT2D eigenvalue weighted by molar-refractivity contribution is 6.11. The van der Waals surface area contributed by atoms with Crippen LogP contribution in [0.2, 0.25) is 0 Å². The van der Waals surface area contributed by atoms with Gasteiger partial charge in [-0.05, 0) is 131 Å². The van der Waals surface area contributed by atoms with Gasteiger partial charge < -0.3 is 13.9 Å². The summed E-state index contributed by atoms with van der Waals surface area (Å²) >= 11 is 0. The highest BCUT2D eigenvalue weighted by atomic mass is 19.1. The van der Waals surface area contributed by atoms with Crippen molar-refractivity contribution in [3.8, 4) is 28.5 Å². The Kier molecular flexibility index (Phi) is 9.10. The van der Waals surface area contributed by atoms with Crippen LogP contribution in [-0.2, 0) is 24.4 Å². The number of anilines is 1. The fourth-order valence-electron chi connectivity index (χ4n) is 11.4. The third-order valence-electron chi connectivity index (χ3n) is 15.0. The van der Waals surface area contributed by atoms with Gasteiger partial charge in [0, 0.05) is 61.3 Å². The van der Waals surface area contributed by atoms with Gasteiger partial charge in [0.1, 0.15) is 28.6 Å². The van der Waals surface area contributed by atoms with Gasteiger partial charge in [0.15, 0.2) is 17.5 Å². The third kappa shape index (κ3) is 6.12. The number of nitrogens with zero attached hydrogens (tertiary/aromatic N) is 10. The standard InChI is InChI=1S/C51H49F2N11O5/c1-26-19-33(20-27(2)41(26)52)64-45(61-17-16-60(49(61)67)38-12-11-37-35(42(38)53)25-54-59(37)8)40-29(4)62(44-34(43(40)56-64)13-15-58(44)7)46(65)39-22-32-21-30(31-14-18-68-50(5,6)24-31)9-10-36(32)63(39)51(23-28(51)3)47-55-48(66)69-57-47/h9-13,15-17,19-22,25,28-29,31H,14,18,23-24H2,1-8H3,(H,55,57,66)/t28-,29-,31-,51-/m0/s1. The number of imidazole rings is 1. The molecule has 2 fully saturated rings. The largest absolute Gasteiger partial charge is 0.438 e. The molecule has 3 aliphatic rings. The minimum Gasteiger partial charge on any atom is -0.376 e. The second kappa shape index (κ2) is 14.7. The van der Waals surface area contributed by atoms with Crippen molar-refractivity contribution < 1.29 is 22.8 Å². The van der Waals surface area contributed by atoms with Crippen molar-refractivity contribution in [3.05, 3.63) is 146 Å². The van der Waals surface area contributed by atoms with Crippen molar-refractivity contribution in [1.29, 1.82) is 0 Å². The van der Waals surface area contributed by atoms with Crippen molar-refractivity contribution in [2.24, 2.45) is 20.0 Å². The fraction of sp³-hybridized carbons (Fsp3) is 0.333. The summed E-state index contributed by atoms with van der Waals surface area (Å²) in [7, 11) is 3.58. The quantitative estimate of drug-likeness (QED) is 0.167. The normalized spacial score (nSPS) is 20.8. The molecule has 12 rings (SSSR count). The van der Waals surface area contributed by atoms with Crippen LogP contribution < -0.4 is 16.3 Å². The summed E-state index contributed by atoms with van der Waals surface area (Å²) in [6.45, 7) is 12.1. The zero-order valence-electron chi connectivity index (χ0n) is 39.3. The van der Waals surface area contributed by atoms with Crippen LogP contribution in [0.25, 0.3) is 50.3 Å². The molecule has 8 heterocycles. The lowest BCUT2D eigenvalue weighted by Gasteiger charge is -2.35. The molecule has 1 saturated carbocycles. The third-order valence-corrected chi connectivity index (χ3v) is 15.0. The van der Waals surface area contributed by atoms with E-state index in [1.54, 1.807) is 65.6 Å². The van der Waals surface area contributed by atoms with E-state index in [1.807, 2.05) is 41.4 Å². The molecule has 6 aromatic heterocycles. The maximum Gasteiger partial charge on any atom is 0.438 e. The number of carbonyl (C=O) groups excluding carboxylic acids is 1. The van der Waals surface area contributed by atoms with Gasteiger partial charge in [-0.1, -0.05) is 18.1 Å². The van der Waals surface area contributed by atoms with E-state index in [1.165, 1.54) is 21.5 Å². The van der Waals surface area contributed by atoms with E-state index in [2.05, 4.69) is 54.2 Å². The number of amides is 1. The molecule has 9 aromatic rings. The van der Waals surface area contributed by atoms with Crippen LogP contribution in [-0.4, -0.2) is 66.1 Å². The molecule has 18 heteroatoms. The maximum absolute atomic E-state index is 16.3. The van der Waals surface area contributed by atoms with Gasteiger partial charge in [-0.15, -0.1) is 0 Å². The lowest BCUT2D eigenvalue weighted by atomic mass is 9.83. The predicted molar refractivity (Wildman–Crippen MR) is 254 cm³/mol. The molecule has 4 atom stereocenters. The molecule has 3 aromatic carbocycles. The Balaban J connectivity index is 1.07. The summed E-state index contributed by atoms with van der Waals surface area (Å²) in [6.07, 6.45) is 8.61.